The maximum atomic E-state index is 11.0. The molecule has 1 atom stereocenters. The summed E-state index contributed by atoms with van der Waals surface area (Å²) < 4.78 is 47.4. The van der Waals surface area contributed by atoms with E-state index in [-0.39, 0.29) is 4.90 Å². The van der Waals surface area contributed by atoms with Crippen molar-refractivity contribution in [3.8, 4) is 0 Å². The standard InChI is InChI=1S/C7H10N2O4S2/c1-8-15(12,13)9-6-2-4-7(5-3-6)14(10)11/h2-5,8-9H,1H3,(H,10,11)/p-1. The van der Waals surface area contributed by atoms with Gasteiger partial charge in [0.25, 0.3) is 10.2 Å². The SMILES string of the molecule is CNS(=O)(=O)Nc1ccc(S(=O)[O-])cc1. The molecule has 8 heteroatoms. The molecule has 0 aliphatic heterocycles. The van der Waals surface area contributed by atoms with Gasteiger partial charge in [-0.1, -0.05) is 0 Å². The molecule has 2 N–H and O–H groups in total. The molecule has 84 valence electrons. The van der Waals surface area contributed by atoms with E-state index in [0.717, 1.165) is 0 Å². The summed E-state index contributed by atoms with van der Waals surface area (Å²) in [5.74, 6) is 0. The predicted molar refractivity (Wildman–Crippen MR) is 55.2 cm³/mol. The van der Waals surface area contributed by atoms with E-state index in [1.165, 1.54) is 31.3 Å². The molecule has 0 aromatic heterocycles. The topological polar surface area (TPSA) is 98.3 Å². The summed E-state index contributed by atoms with van der Waals surface area (Å²) in [5, 5.41) is 0. The van der Waals surface area contributed by atoms with Crippen molar-refractivity contribution in [2.45, 2.75) is 4.90 Å². The van der Waals surface area contributed by atoms with Crippen molar-refractivity contribution in [1.82, 2.24) is 4.72 Å². The summed E-state index contributed by atoms with van der Waals surface area (Å²) in [5.41, 5.74) is 0.290. The maximum Gasteiger partial charge on any atom is 0.298 e. The third-order valence-electron chi connectivity index (χ3n) is 1.57. The molecule has 1 unspecified atom stereocenters. The molecule has 0 fully saturated rings. The van der Waals surface area contributed by atoms with E-state index in [4.69, 9.17) is 0 Å². The molecule has 0 saturated carbocycles. The van der Waals surface area contributed by atoms with Crippen LogP contribution in [0.5, 0.6) is 0 Å². The fourth-order valence-corrected chi connectivity index (χ4v) is 1.75. The molecule has 1 aromatic carbocycles. The monoisotopic (exact) mass is 249 g/mol. The second kappa shape index (κ2) is 4.71. The van der Waals surface area contributed by atoms with Gasteiger partial charge in [0.1, 0.15) is 0 Å². The quantitative estimate of drug-likeness (QED) is 0.722. The minimum absolute atomic E-state index is 0.0994. The number of benzene rings is 1. The normalized spacial score (nSPS) is 13.5. The van der Waals surface area contributed by atoms with Gasteiger partial charge in [0, 0.05) is 17.6 Å². The van der Waals surface area contributed by atoms with Crippen LogP contribution in [0.3, 0.4) is 0 Å². The zero-order valence-electron chi connectivity index (χ0n) is 7.76. The molecule has 0 aliphatic carbocycles. The highest BCUT2D eigenvalue weighted by Gasteiger charge is 2.05. The van der Waals surface area contributed by atoms with Gasteiger partial charge >= 0.3 is 0 Å². The van der Waals surface area contributed by atoms with E-state index in [1.807, 2.05) is 0 Å². The number of anilines is 1. The first-order valence-electron chi connectivity index (χ1n) is 3.85. The van der Waals surface area contributed by atoms with Crippen molar-refractivity contribution in [3.05, 3.63) is 24.3 Å². The molecule has 0 heterocycles. The summed E-state index contributed by atoms with van der Waals surface area (Å²) in [6, 6.07) is 5.33. The molecule has 0 saturated heterocycles. The van der Waals surface area contributed by atoms with Crippen LogP contribution in [0.4, 0.5) is 5.69 Å². The van der Waals surface area contributed by atoms with E-state index in [9.17, 15) is 17.2 Å². The van der Waals surface area contributed by atoms with Gasteiger partial charge in [-0.2, -0.15) is 8.42 Å². The van der Waals surface area contributed by atoms with Crippen LogP contribution >= 0.6 is 0 Å². The molecular weight excluding hydrogens is 240 g/mol. The lowest BCUT2D eigenvalue weighted by atomic mass is 10.3. The van der Waals surface area contributed by atoms with Crippen molar-refractivity contribution >= 4 is 27.0 Å². The van der Waals surface area contributed by atoms with Crippen LogP contribution in [0.25, 0.3) is 0 Å². The van der Waals surface area contributed by atoms with Crippen molar-refractivity contribution in [1.29, 1.82) is 0 Å². The summed E-state index contributed by atoms with van der Waals surface area (Å²) in [7, 11) is -2.29. The van der Waals surface area contributed by atoms with Gasteiger partial charge in [-0.25, -0.2) is 4.72 Å². The highest BCUT2D eigenvalue weighted by Crippen LogP contribution is 2.12. The van der Waals surface area contributed by atoms with E-state index in [0.29, 0.717) is 5.69 Å². The third-order valence-corrected chi connectivity index (χ3v) is 3.27. The summed E-state index contributed by atoms with van der Waals surface area (Å²) >= 11 is -2.30. The van der Waals surface area contributed by atoms with Gasteiger partial charge in [-0.15, -0.1) is 0 Å². The highest BCUT2D eigenvalue weighted by atomic mass is 32.2. The summed E-state index contributed by atoms with van der Waals surface area (Å²) in [6.45, 7) is 0. The number of nitrogens with one attached hydrogen (secondary N) is 2. The lowest BCUT2D eigenvalue weighted by Gasteiger charge is -2.08. The van der Waals surface area contributed by atoms with Crippen LogP contribution in [0.15, 0.2) is 29.2 Å². The van der Waals surface area contributed by atoms with Crippen molar-refractivity contribution in [3.63, 3.8) is 0 Å². The lowest BCUT2D eigenvalue weighted by Crippen LogP contribution is -2.26. The number of hydrogen-bond donors (Lipinski definition) is 2. The molecule has 0 aliphatic rings. The van der Waals surface area contributed by atoms with E-state index >= 15 is 0 Å². The zero-order valence-corrected chi connectivity index (χ0v) is 9.39. The van der Waals surface area contributed by atoms with Crippen LogP contribution < -0.4 is 9.44 Å². The Hall–Kier alpha value is -0.960. The second-order valence-corrected chi connectivity index (χ2v) is 5.13. The van der Waals surface area contributed by atoms with Crippen LogP contribution in [0.1, 0.15) is 0 Å². The molecular formula is C7H9N2O4S2-. The molecule has 6 nitrogen and oxygen atoms in total. The average Bonchev–Trinajstić information content (AvgIpc) is 2.18. The fourth-order valence-electron chi connectivity index (χ4n) is 0.840. The molecule has 0 amide bonds. The smallest absolute Gasteiger partial charge is 0.298 e. The Kier molecular flexibility index (Phi) is 3.80. The Morgan fingerprint density at radius 2 is 1.80 bits per heavy atom. The Labute approximate surface area is 90.2 Å². The first kappa shape index (κ1) is 12.1. The molecule has 0 radical (unpaired) electrons. The molecule has 1 rings (SSSR count). The third kappa shape index (κ3) is 3.59. The van der Waals surface area contributed by atoms with Gasteiger partial charge in [0.2, 0.25) is 0 Å². The van der Waals surface area contributed by atoms with Crippen molar-refractivity contribution in [2.24, 2.45) is 0 Å². The lowest BCUT2D eigenvalue weighted by molar-refractivity contribution is 0.537. The van der Waals surface area contributed by atoms with E-state index < -0.39 is 21.3 Å². The first-order valence-corrected chi connectivity index (χ1v) is 6.41. The van der Waals surface area contributed by atoms with Crippen molar-refractivity contribution in [2.75, 3.05) is 11.8 Å². The van der Waals surface area contributed by atoms with Gasteiger partial charge in [-0.05, 0) is 35.3 Å². The highest BCUT2D eigenvalue weighted by molar-refractivity contribution is 7.90. The Bertz CT molecular complexity index is 454. The number of rotatable bonds is 4. The first-order chi connectivity index (χ1) is 6.94. The van der Waals surface area contributed by atoms with Crippen molar-refractivity contribution < 1.29 is 17.2 Å². The minimum Gasteiger partial charge on any atom is -0.768 e. The zero-order chi connectivity index (χ0) is 11.5. The van der Waals surface area contributed by atoms with Crippen LogP contribution in [-0.2, 0) is 21.3 Å². The van der Waals surface area contributed by atoms with Gasteiger partial charge in [0.15, 0.2) is 0 Å². The fraction of sp³-hybridized carbons (Fsp3) is 0.143. The molecule has 1 aromatic rings. The maximum absolute atomic E-state index is 11.0. The largest absolute Gasteiger partial charge is 0.768 e. The van der Waals surface area contributed by atoms with Gasteiger partial charge < -0.3 is 4.55 Å². The molecule has 0 bridgehead atoms. The van der Waals surface area contributed by atoms with Crippen LogP contribution in [0.2, 0.25) is 0 Å². The van der Waals surface area contributed by atoms with Crippen LogP contribution in [0, 0.1) is 0 Å². The number of hydrogen-bond acceptors (Lipinski definition) is 4. The van der Waals surface area contributed by atoms with Gasteiger partial charge in [0.05, 0.1) is 0 Å². The minimum atomic E-state index is -3.56. The summed E-state index contributed by atoms with van der Waals surface area (Å²) in [6.07, 6.45) is 0. The van der Waals surface area contributed by atoms with Gasteiger partial charge in [-0.3, -0.25) is 8.93 Å². The van der Waals surface area contributed by atoms with E-state index in [1.54, 1.807) is 0 Å². The Balaban J connectivity index is 2.86. The summed E-state index contributed by atoms with van der Waals surface area (Å²) in [4.78, 5) is 0.0994. The average molecular weight is 249 g/mol. The Morgan fingerprint density at radius 3 is 2.20 bits per heavy atom. The van der Waals surface area contributed by atoms with Crippen LogP contribution in [-0.4, -0.2) is 24.2 Å². The second-order valence-electron chi connectivity index (χ2n) is 2.57. The van der Waals surface area contributed by atoms with E-state index in [2.05, 4.69) is 9.44 Å². The predicted octanol–water partition coefficient (Wildman–Crippen LogP) is -0.199. The molecule has 15 heavy (non-hydrogen) atoms. The Morgan fingerprint density at radius 1 is 1.27 bits per heavy atom. The molecule has 0 spiro atoms.